The number of aliphatic hydroxyl groups excluding tert-OH is 2. The number of hydrogen-bond donors (Lipinski definition) is 2. The smallest absolute Gasteiger partial charge is 0.126 e. The first-order valence-corrected chi connectivity index (χ1v) is 11.2. The second-order valence-corrected chi connectivity index (χ2v) is 9.22. The Morgan fingerprint density at radius 3 is 2.71 bits per heavy atom. The van der Waals surface area contributed by atoms with Crippen molar-refractivity contribution >= 4 is 0 Å². The molecule has 6 nitrogen and oxygen atoms in total. The molecule has 3 aliphatic rings. The minimum absolute atomic E-state index is 0.206. The summed E-state index contributed by atoms with van der Waals surface area (Å²) in [7, 11) is 1.63. The minimum Gasteiger partial charge on any atom is -0.497 e. The lowest BCUT2D eigenvalue weighted by Crippen LogP contribution is -2.51. The Balaban J connectivity index is 1.21. The van der Waals surface area contributed by atoms with Crippen LogP contribution < -0.4 is 14.2 Å². The predicted octanol–water partition coefficient (Wildman–Crippen LogP) is 3.40. The SMILES string of the molecule is COc1ccc2c(c1)C(O)CC1(CCN(CC(O)c3ccc4c(c3)CC(C)O4)CC1)O2. The molecule has 2 aromatic rings. The first-order valence-electron chi connectivity index (χ1n) is 11.2. The summed E-state index contributed by atoms with van der Waals surface area (Å²) >= 11 is 0. The minimum atomic E-state index is -0.549. The van der Waals surface area contributed by atoms with Crippen LogP contribution in [0.3, 0.4) is 0 Å². The molecule has 3 heterocycles. The molecule has 0 radical (unpaired) electrons. The fraction of sp³-hybridized carbons (Fsp3) is 0.520. The van der Waals surface area contributed by atoms with Gasteiger partial charge in [-0.05, 0) is 61.2 Å². The Morgan fingerprint density at radius 2 is 1.94 bits per heavy atom. The topological polar surface area (TPSA) is 71.4 Å². The van der Waals surface area contributed by atoms with E-state index in [4.69, 9.17) is 14.2 Å². The largest absolute Gasteiger partial charge is 0.497 e. The van der Waals surface area contributed by atoms with Crippen molar-refractivity contribution in [2.75, 3.05) is 26.7 Å². The Morgan fingerprint density at radius 1 is 1.16 bits per heavy atom. The molecule has 0 aromatic heterocycles. The van der Waals surface area contributed by atoms with Crippen LogP contribution in [0.2, 0.25) is 0 Å². The maximum absolute atomic E-state index is 10.8. The van der Waals surface area contributed by atoms with Gasteiger partial charge in [-0.25, -0.2) is 0 Å². The van der Waals surface area contributed by atoms with Gasteiger partial charge in [-0.1, -0.05) is 6.07 Å². The van der Waals surface area contributed by atoms with E-state index < -0.39 is 12.2 Å². The molecule has 6 heteroatoms. The Hall–Kier alpha value is -2.28. The van der Waals surface area contributed by atoms with E-state index in [1.165, 1.54) is 5.56 Å². The zero-order valence-corrected chi connectivity index (χ0v) is 18.2. The van der Waals surface area contributed by atoms with Gasteiger partial charge in [0.1, 0.15) is 29.0 Å². The van der Waals surface area contributed by atoms with Crippen LogP contribution in [-0.4, -0.2) is 53.6 Å². The fourth-order valence-electron chi connectivity index (χ4n) is 5.19. The van der Waals surface area contributed by atoms with E-state index >= 15 is 0 Å². The maximum Gasteiger partial charge on any atom is 0.126 e. The fourth-order valence-corrected chi connectivity index (χ4v) is 5.19. The Kier molecular flexibility index (Phi) is 5.32. The summed E-state index contributed by atoms with van der Waals surface area (Å²) in [4.78, 5) is 2.29. The molecular formula is C25H31NO5. The summed E-state index contributed by atoms with van der Waals surface area (Å²) in [5, 5.41) is 21.6. The Labute approximate surface area is 183 Å². The van der Waals surface area contributed by atoms with E-state index in [0.29, 0.717) is 13.0 Å². The molecule has 31 heavy (non-hydrogen) atoms. The first-order chi connectivity index (χ1) is 14.9. The molecule has 2 aromatic carbocycles. The third-order valence-corrected chi connectivity index (χ3v) is 6.97. The summed E-state index contributed by atoms with van der Waals surface area (Å²) in [5.41, 5.74) is 2.59. The number of hydrogen-bond acceptors (Lipinski definition) is 6. The van der Waals surface area contributed by atoms with E-state index in [0.717, 1.165) is 60.7 Å². The molecule has 0 amide bonds. The number of rotatable bonds is 4. The summed E-state index contributed by atoms with van der Waals surface area (Å²) in [6.45, 7) is 4.33. The van der Waals surface area contributed by atoms with Gasteiger partial charge in [-0.2, -0.15) is 0 Å². The van der Waals surface area contributed by atoms with Crippen molar-refractivity contribution in [3.05, 3.63) is 53.1 Å². The number of aliphatic hydroxyl groups is 2. The number of likely N-dealkylation sites (tertiary alicyclic amines) is 1. The van der Waals surface area contributed by atoms with Gasteiger partial charge >= 0.3 is 0 Å². The van der Waals surface area contributed by atoms with Gasteiger partial charge in [0.15, 0.2) is 0 Å². The molecule has 0 saturated carbocycles. The average molecular weight is 426 g/mol. The van der Waals surface area contributed by atoms with Gasteiger partial charge in [0.25, 0.3) is 0 Å². The van der Waals surface area contributed by atoms with Crippen molar-refractivity contribution in [1.82, 2.24) is 4.90 Å². The lowest BCUT2D eigenvalue weighted by Gasteiger charge is -2.46. The van der Waals surface area contributed by atoms with Crippen molar-refractivity contribution in [1.29, 1.82) is 0 Å². The van der Waals surface area contributed by atoms with E-state index in [1.807, 2.05) is 30.3 Å². The number of ether oxygens (including phenoxy) is 3. The third-order valence-electron chi connectivity index (χ3n) is 6.97. The van der Waals surface area contributed by atoms with Crippen molar-refractivity contribution in [2.45, 2.75) is 56.5 Å². The van der Waals surface area contributed by atoms with Gasteiger partial charge in [-0.3, -0.25) is 0 Å². The lowest BCUT2D eigenvalue weighted by atomic mass is 9.81. The van der Waals surface area contributed by atoms with Gasteiger partial charge in [-0.15, -0.1) is 0 Å². The quantitative estimate of drug-likeness (QED) is 0.782. The lowest BCUT2D eigenvalue weighted by molar-refractivity contribution is -0.0588. The zero-order chi connectivity index (χ0) is 21.6. The third kappa shape index (κ3) is 4.00. The summed E-state index contributed by atoms with van der Waals surface area (Å²) in [5.74, 6) is 2.42. The van der Waals surface area contributed by atoms with Crippen molar-refractivity contribution in [3.8, 4) is 17.2 Å². The molecule has 0 bridgehead atoms. The van der Waals surface area contributed by atoms with E-state index in [2.05, 4.69) is 17.9 Å². The number of fused-ring (bicyclic) bond motifs is 2. The van der Waals surface area contributed by atoms with Crippen LogP contribution in [0.25, 0.3) is 0 Å². The first kappa shape index (κ1) is 20.6. The summed E-state index contributed by atoms with van der Waals surface area (Å²) in [6, 6.07) is 11.7. The number of benzene rings is 2. The highest BCUT2D eigenvalue weighted by Gasteiger charge is 2.43. The summed E-state index contributed by atoms with van der Waals surface area (Å²) < 4.78 is 17.5. The van der Waals surface area contributed by atoms with Crippen LogP contribution in [0, 0.1) is 0 Å². The highest BCUT2D eigenvalue weighted by molar-refractivity contribution is 5.44. The van der Waals surface area contributed by atoms with Crippen LogP contribution in [0.5, 0.6) is 17.2 Å². The van der Waals surface area contributed by atoms with Gasteiger partial charge in [0, 0.05) is 38.0 Å². The van der Waals surface area contributed by atoms with Crippen molar-refractivity contribution in [3.63, 3.8) is 0 Å². The second kappa shape index (κ2) is 8.01. The Bertz CT molecular complexity index is 953. The molecule has 1 spiro atoms. The molecule has 166 valence electrons. The summed E-state index contributed by atoms with van der Waals surface area (Å²) in [6.07, 6.45) is 2.28. The average Bonchev–Trinajstić information content (AvgIpc) is 3.14. The predicted molar refractivity (Wildman–Crippen MR) is 117 cm³/mol. The number of β-amino-alcohol motifs (C(OH)–C–C–N with tert-alkyl or cyclic N) is 1. The van der Waals surface area contributed by atoms with Crippen molar-refractivity contribution in [2.24, 2.45) is 0 Å². The van der Waals surface area contributed by atoms with Crippen molar-refractivity contribution < 1.29 is 24.4 Å². The molecule has 5 rings (SSSR count). The zero-order valence-electron chi connectivity index (χ0n) is 18.2. The van der Waals surface area contributed by atoms with E-state index in [1.54, 1.807) is 7.11 Å². The molecule has 0 aliphatic carbocycles. The highest BCUT2D eigenvalue weighted by Crippen LogP contribution is 2.45. The number of piperidine rings is 1. The van der Waals surface area contributed by atoms with Crippen LogP contribution in [-0.2, 0) is 6.42 Å². The van der Waals surface area contributed by atoms with Crippen LogP contribution >= 0.6 is 0 Å². The molecule has 1 fully saturated rings. The van der Waals surface area contributed by atoms with Gasteiger partial charge < -0.3 is 29.3 Å². The van der Waals surface area contributed by atoms with Gasteiger partial charge in [0.05, 0.1) is 19.3 Å². The molecule has 1 saturated heterocycles. The normalized spacial score (nSPS) is 25.3. The van der Waals surface area contributed by atoms with E-state index in [9.17, 15) is 10.2 Å². The van der Waals surface area contributed by atoms with Crippen LogP contribution in [0.4, 0.5) is 0 Å². The maximum atomic E-state index is 10.8. The molecular weight excluding hydrogens is 394 g/mol. The molecule has 3 aliphatic heterocycles. The molecule has 2 N–H and O–H groups in total. The van der Waals surface area contributed by atoms with E-state index in [-0.39, 0.29) is 11.7 Å². The number of methoxy groups -OCH3 is 1. The van der Waals surface area contributed by atoms with Crippen LogP contribution in [0.15, 0.2) is 36.4 Å². The molecule has 3 unspecified atom stereocenters. The highest BCUT2D eigenvalue weighted by atomic mass is 16.5. The molecule has 3 atom stereocenters. The standard InChI is InChI=1S/C25H31NO5/c1-16-11-18-12-17(3-5-23(18)30-16)22(28)15-26-9-7-25(8-10-26)14-21(27)20-13-19(29-2)4-6-24(20)31-25/h3-6,12-13,16,21-22,27-28H,7-11,14-15H2,1-2H3. The monoisotopic (exact) mass is 425 g/mol. The second-order valence-electron chi connectivity index (χ2n) is 9.22. The van der Waals surface area contributed by atoms with Crippen LogP contribution in [0.1, 0.15) is 55.1 Å². The number of nitrogens with zero attached hydrogens (tertiary/aromatic N) is 1. The van der Waals surface area contributed by atoms with Gasteiger partial charge in [0.2, 0.25) is 0 Å².